The van der Waals surface area contributed by atoms with Crippen LogP contribution in [0.4, 0.5) is 4.39 Å². The van der Waals surface area contributed by atoms with Crippen molar-refractivity contribution in [1.29, 1.82) is 0 Å². The predicted octanol–water partition coefficient (Wildman–Crippen LogP) is 3.95. The van der Waals surface area contributed by atoms with Crippen molar-refractivity contribution in [2.45, 2.75) is 39.0 Å². The first-order valence-electron chi connectivity index (χ1n) is 10.1. The van der Waals surface area contributed by atoms with Crippen molar-refractivity contribution >= 4 is 35.6 Å². The van der Waals surface area contributed by atoms with Gasteiger partial charge >= 0.3 is 0 Å². The Kier molecular flexibility index (Phi) is 9.01. The molecule has 0 aliphatic heterocycles. The van der Waals surface area contributed by atoms with E-state index in [1.54, 1.807) is 12.1 Å². The highest BCUT2D eigenvalue weighted by atomic mass is 127. The van der Waals surface area contributed by atoms with Crippen LogP contribution in [0, 0.1) is 5.82 Å². The molecule has 0 amide bonds. The first-order valence-corrected chi connectivity index (χ1v) is 10.1. The lowest BCUT2D eigenvalue weighted by Crippen LogP contribution is -2.39. The van der Waals surface area contributed by atoms with Crippen LogP contribution in [0.1, 0.15) is 38.6 Å². The van der Waals surface area contributed by atoms with Crippen molar-refractivity contribution < 1.29 is 4.39 Å². The summed E-state index contributed by atoms with van der Waals surface area (Å²) in [4.78, 5) is 4.71. The number of hydrogen-bond donors (Lipinski definition) is 2. The lowest BCUT2D eigenvalue weighted by Gasteiger charge is -2.24. The monoisotopic (exact) mass is 524 g/mol. The smallest absolute Gasteiger partial charge is 0.191 e. The van der Waals surface area contributed by atoms with E-state index in [0.29, 0.717) is 6.54 Å². The maximum Gasteiger partial charge on any atom is 0.191 e. The van der Waals surface area contributed by atoms with Gasteiger partial charge in [-0.3, -0.25) is 9.39 Å². The molecule has 0 radical (unpaired) electrons. The van der Waals surface area contributed by atoms with E-state index in [4.69, 9.17) is 4.99 Å². The molecule has 0 saturated heterocycles. The van der Waals surface area contributed by atoms with Gasteiger partial charge < -0.3 is 10.6 Å². The van der Waals surface area contributed by atoms with Crippen molar-refractivity contribution in [3.05, 3.63) is 65.9 Å². The summed E-state index contributed by atoms with van der Waals surface area (Å²) >= 11 is 0. The van der Waals surface area contributed by atoms with E-state index in [1.807, 2.05) is 41.8 Å². The molecule has 6 nitrogen and oxygen atoms in total. The molecule has 162 valence electrons. The van der Waals surface area contributed by atoms with Crippen LogP contribution in [0.5, 0.6) is 0 Å². The summed E-state index contributed by atoms with van der Waals surface area (Å²) in [6.07, 6.45) is 3.72. The van der Waals surface area contributed by atoms with Gasteiger partial charge in [0.1, 0.15) is 11.6 Å². The zero-order chi connectivity index (χ0) is 20.7. The van der Waals surface area contributed by atoms with Crippen LogP contribution in [0.2, 0.25) is 0 Å². The highest BCUT2D eigenvalue weighted by Gasteiger charge is 2.21. The molecular weight excluding hydrogens is 494 g/mol. The van der Waals surface area contributed by atoms with E-state index >= 15 is 0 Å². The minimum absolute atomic E-state index is 0. The fraction of sp³-hybridized carbons (Fsp3) is 0.409. The molecule has 3 aromatic rings. The molecule has 2 aromatic heterocycles. The Morgan fingerprint density at radius 2 is 1.97 bits per heavy atom. The maximum atomic E-state index is 13.6. The quantitative estimate of drug-likeness (QED) is 0.203. The summed E-state index contributed by atoms with van der Waals surface area (Å²) in [5, 5.41) is 15.1. The number of fused-ring (bicyclic) bond motifs is 1. The van der Waals surface area contributed by atoms with Crippen LogP contribution >= 0.6 is 24.0 Å². The second-order valence-corrected chi connectivity index (χ2v) is 7.66. The summed E-state index contributed by atoms with van der Waals surface area (Å²) in [5.41, 5.74) is 1.55. The second-order valence-electron chi connectivity index (χ2n) is 7.66. The zero-order valence-electron chi connectivity index (χ0n) is 17.7. The lowest BCUT2D eigenvalue weighted by atomic mass is 9.85. The highest BCUT2D eigenvalue weighted by molar-refractivity contribution is 14.0. The van der Waals surface area contributed by atoms with Gasteiger partial charge in [-0.05, 0) is 43.2 Å². The fourth-order valence-corrected chi connectivity index (χ4v) is 3.13. The minimum atomic E-state index is -0.259. The average molecular weight is 524 g/mol. The van der Waals surface area contributed by atoms with E-state index in [1.165, 1.54) is 6.07 Å². The van der Waals surface area contributed by atoms with Crippen molar-refractivity contribution in [2.24, 2.45) is 4.99 Å². The largest absolute Gasteiger partial charge is 0.357 e. The third-order valence-electron chi connectivity index (χ3n) is 4.84. The predicted molar refractivity (Wildman–Crippen MR) is 130 cm³/mol. The lowest BCUT2D eigenvalue weighted by molar-refractivity contribution is 0.529. The normalized spacial score (nSPS) is 11.9. The van der Waals surface area contributed by atoms with Gasteiger partial charge in [-0.15, -0.1) is 34.2 Å². The van der Waals surface area contributed by atoms with Crippen LogP contribution in [0.15, 0.2) is 53.7 Å². The number of aryl methyl sites for hydroxylation is 1. The molecule has 30 heavy (non-hydrogen) atoms. The standard InChI is InChI=1S/C22H29FN6.HI/c1-4-24-21(26-16-22(2,3)17-9-7-10-18(23)15-17)25-13-8-12-20-28-27-19-11-5-6-14-29(19)20;/h5-7,9-11,14-15H,4,8,12-13,16H2,1-3H3,(H2,24,25,26);1H. The second kappa shape index (κ2) is 11.2. The number of guanidine groups is 1. The number of aliphatic imine (C=N–C) groups is 1. The number of rotatable bonds is 8. The topological polar surface area (TPSA) is 66.6 Å². The van der Waals surface area contributed by atoms with Crippen LogP contribution in [0.25, 0.3) is 5.65 Å². The summed E-state index contributed by atoms with van der Waals surface area (Å²) in [5.74, 6) is 1.50. The van der Waals surface area contributed by atoms with Crippen molar-refractivity contribution in [3.63, 3.8) is 0 Å². The Hall–Kier alpha value is -2.23. The zero-order valence-corrected chi connectivity index (χ0v) is 20.1. The van der Waals surface area contributed by atoms with E-state index in [0.717, 1.165) is 48.9 Å². The van der Waals surface area contributed by atoms with Gasteiger partial charge in [0.25, 0.3) is 0 Å². The first-order chi connectivity index (χ1) is 14.0. The number of nitrogens with zero attached hydrogens (tertiary/aromatic N) is 4. The van der Waals surface area contributed by atoms with Gasteiger partial charge in [0, 0.05) is 31.1 Å². The molecule has 0 bridgehead atoms. The Morgan fingerprint density at radius 3 is 2.73 bits per heavy atom. The molecule has 1 aromatic carbocycles. The summed E-state index contributed by atoms with van der Waals surface area (Å²) in [6.45, 7) is 8.29. The van der Waals surface area contributed by atoms with Gasteiger partial charge in [-0.1, -0.05) is 32.0 Å². The Balaban J connectivity index is 0.00000320. The molecular formula is C22H30FIN6. The van der Waals surface area contributed by atoms with E-state index in [-0.39, 0.29) is 35.2 Å². The summed E-state index contributed by atoms with van der Waals surface area (Å²) in [7, 11) is 0. The number of halogens is 2. The third-order valence-corrected chi connectivity index (χ3v) is 4.84. The van der Waals surface area contributed by atoms with Crippen molar-refractivity contribution in [3.8, 4) is 0 Å². The number of nitrogens with one attached hydrogen (secondary N) is 2. The van der Waals surface area contributed by atoms with Gasteiger partial charge in [-0.25, -0.2) is 4.39 Å². The molecule has 0 aliphatic rings. The highest BCUT2D eigenvalue weighted by Crippen LogP contribution is 2.24. The Labute approximate surface area is 194 Å². The Bertz CT molecular complexity index is 969. The van der Waals surface area contributed by atoms with Crippen molar-refractivity contribution in [2.75, 3.05) is 19.6 Å². The first kappa shape index (κ1) is 24.0. The number of pyridine rings is 1. The minimum Gasteiger partial charge on any atom is -0.357 e. The van der Waals surface area contributed by atoms with E-state index in [2.05, 4.69) is 34.7 Å². The number of benzene rings is 1. The van der Waals surface area contributed by atoms with Crippen LogP contribution in [0.3, 0.4) is 0 Å². The molecule has 0 saturated carbocycles. The summed E-state index contributed by atoms with van der Waals surface area (Å²) < 4.78 is 15.6. The van der Waals surface area contributed by atoms with E-state index in [9.17, 15) is 4.39 Å². The maximum absolute atomic E-state index is 13.6. The molecule has 2 N–H and O–H groups in total. The summed E-state index contributed by atoms with van der Waals surface area (Å²) in [6, 6.07) is 12.6. The number of aromatic nitrogens is 3. The molecule has 0 aliphatic carbocycles. The molecule has 3 rings (SSSR count). The van der Waals surface area contributed by atoms with E-state index < -0.39 is 0 Å². The Morgan fingerprint density at radius 1 is 1.13 bits per heavy atom. The van der Waals surface area contributed by atoms with Gasteiger partial charge in [0.2, 0.25) is 0 Å². The molecule has 0 fully saturated rings. The van der Waals surface area contributed by atoms with Gasteiger partial charge in [0.05, 0.1) is 6.54 Å². The molecule has 8 heteroatoms. The van der Waals surface area contributed by atoms with Gasteiger partial charge in [0.15, 0.2) is 11.6 Å². The average Bonchev–Trinajstić information content (AvgIpc) is 3.12. The number of hydrogen-bond acceptors (Lipinski definition) is 3. The third kappa shape index (κ3) is 6.38. The molecule has 2 heterocycles. The van der Waals surface area contributed by atoms with Crippen LogP contribution in [-0.2, 0) is 11.8 Å². The molecule has 0 unspecified atom stereocenters. The van der Waals surface area contributed by atoms with Crippen LogP contribution < -0.4 is 10.6 Å². The fourth-order valence-electron chi connectivity index (χ4n) is 3.13. The van der Waals surface area contributed by atoms with Crippen molar-refractivity contribution in [1.82, 2.24) is 25.2 Å². The van der Waals surface area contributed by atoms with Gasteiger partial charge in [-0.2, -0.15) is 0 Å². The molecule has 0 spiro atoms. The SMILES string of the molecule is CCNC(=NCC(C)(C)c1cccc(F)c1)NCCCc1nnc2ccccn12.I. The molecule has 0 atom stereocenters. The van der Waals surface area contributed by atoms with Crippen LogP contribution in [-0.4, -0.2) is 40.2 Å².